The van der Waals surface area contributed by atoms with Crippen molar-refractivity contribution in [3.05, 3.63) is 30.3 Å². The second-order valence-electron chi connectivity index (χ2n) is 5.21. The number of benzene rings is 2. The van der Waals surface area contributed by atoms with Gasteiger partial charge in [-0.15, -0.1) is 0 Å². The minimum atomic E-state index is -4.76. The fourth-order valence-corrected chi connectivity index (χ4v) is 4.15. The minimum absolute atomic E-state index is 0.127. The van der Waals surface area contributed by atoms with Crippen LogP contribution in [0.15, 0.2) is 40.1 Å². The summed E-state index contributed by atoms with van der Waals surface area (Å²) in [6.07, 6.45) is -0.127. The molecule has 0 fully saturated rings. The quantitative estimate of drug-likeness (QED) is 0.428. The lowest BCUT2D eigenvalue weighted by Crippen LogP contribution is -2.09. The molecule has 0 aliphatic heterocycles. The molecule has 0 heterocycles. The predicted molar refractivity (Wildman–Crippen MR) is 90.1 cm³/mol. The first-order chi connectivity index (χ1) is 11.8. The summed E-state index contributed by atoms with van der Waals surface area (Å²) in [5.41, 5.74) is 0. The van der Waals surface area contributed by atoms with Crippen LogP contribution in [-0.4, -0.2) is 51.3 Å². The zero-order valence-corrected chi connectivity index (χ0v) is 15.4. The summed E-state index contributed by atoms with van der Waals surface area (Å²) in [5, 5.41) is -0.372. The molecule has 0 saturated carbocycles. The highest BCUT2D eigenvalue weighted by atomic mass is 32.2. The molecule has 0 radical (unpaired) electrons. The summed E-state index contributed by atoms with van der Waals surface area (Å²) in [6.45, 7) is -0.246. The zero-order valence-electron chi connectivity index (χ0n) is 12.9. The largest absolute Gasteiger partial charge is 0.493 e. The molecule has 10 nitrogen and oxygen atoms in total. The molecular weight excluding hydrogens is 412 g/mol. The molecule has 0 saturated heterocycles. The third-order valence-electron chi connectivity index (χ3n) is 3.26. The average Bonchev–Trinajstić information content (AvgIpc) is 2.47. The zero-order chi connectivity index (χ0) is 19.8. The second-order valence-corrected chi connectivity index (χ2v) is 9.56. The number of ether oxygens (including phenoxy) is 1. The van der Waals surface area contributed by atoms with E-state index in [0.717, 1.165) is 18.2 Å². The highest BCUT2D eigenvalue weighted by Crippen LogP contribution is 2.32. The normalized spacial score (nSPS) is 13.0. The van der Waals surface area contributed by atoms with Crippen LogP contribution < -0.4 is 4.74 Å². The molecule has 0 unspecified atom stereocenters. The van der Waals surface area contributed by atoms with Crippen LogP contribution in [0, 0.1) is 0 Å². The van der Waals surface area contributed by atoms with Gasteiger partial charge in [0.05, 0.1) is 12.4 Å². The van der Waals surface area contributed by atoms with Crippen LogP contribution in [0.5, 0.6) is 5.75 Å². The van der Waals surface area contributed by atoms with E-state index >= 15 is 0 Å². The third kappa shape index (κ3) is 5.12. The summed E-state index contributed by atoms with van der Waals surface area (Å²) in [6, 6.07) is 5.51. The maximum absolute atomic E-state index is 11.6. The number of rotatable bonds is 7. The maximum Gasteiger partial charge on any atom is 0.295 e. The van der Waals surface area contributed by atoms with Gasteiger partial charge in [0.1, 0.15) is 15.5 Å². The lowest BCUT2D eigenvalue weighted by atomic mass is 10.1. The Morgan fingerprint density at radius 1 is 0.808 bits per heavy atom. The topological polar surface area (TPSA) is 172 Å². The van der Waals surface area contributed by atoms with Gasteiger partial charge in [-0.2, -0.15) is 25.3 Å². The van der Waals surface area contributed by atoms with Crippen molar-refractivity contribution in [3.8, 4) is 5.75 Å². The van der Waals surface area contributed by atoms with E-state index in [1.807, 2.05) is 0 Å². The van der Waals surface area contributed by atoms with E-state index < -0.39 is 45.9 Å². The van der Waals surface area contributed by atoms with E-state index in [1.165, 1.54) is 12.1 Å². The fraction of sp³-hybridized carbons (Fsp3) is 0.231. The van der Waals surface area contributed by atoms with Gasteiger partial charge in [-0.3, -0.25) is 13.7 Å². The van der Waals surface area contributed by atoms with Crippen molar-refractivity contribution in [1.29, 1.82) is 0 Å². The Kier molecular flexibility index (Phi) is 5.60. The fourth-order valence-electron chi connectivity index (χ4n) is 2.25. The highest BCUT2D eigenvalue weighted by Gasteiger charge is 2.21. The van der Waals surface area contributed by atoms with Crippen molar-refractivity contribution >= 4 is 41.1 Å². The minimum Gasteiger partial charge on any atom is -0.493 e. The highest BCUT2D eigenvalue weighted by molar-refractivity contribution is 7.86. The SMILES string of the molecule is O=S(=O)(O)CCCOc1cc(S(=O)(=O)O)c2cccc(S(=O)(=O)O)c2c1. The van der Waals surface area contributed by atoms with Gasteiger partial charge in [0.15, 0.2) is 0 Å². The number of hydrogen-bond donors (Lipinski definition) is 3. The van der Waals surface area contributed by atoms with Gasteiger partial charge in [-0.25, -0.2) is 0 Å². The summed E-state index contributed by atoms with van der Waals surface area (Å²) >= 11 is 0. The Morgan fingerprint density at radius 3 is 1.96 bits per heavy atom. The Bertz CT molecular complexity index is 1150. The molecular formula is C13H14O10S3. The van der Waals surface area contributed by atoms with Gasteiger partial charge in [0.2, 0.25) is 0 Å². The predicted octanol–water partition coefficient (Wildman–Crippen LogP) is 0.990. The van der Waals surface area contributed by atoms with Gasteiger partial charge in [-0.05, 0) is 18.6 Å². The van der Waals surface area contributed by atoms with Crippen molar-refractivity contribution in [2.75, 3.05) is 12.4 Å². The number of fused-ring (bicyclic) bond motifs is 1. The van der Waals surface area contributed by atoms with E-state index in [2.05, 4.69) is 0 Å². The molecule has 0 spiro atoms. The van der Waals surface area contributed by atoms with Crippen LogP contribution in [0.1, 0.15) is 6.42 Å². The molecule has 0 bridgehead atoms. The smallest absolute Gasteiger partial charge is 0.295 e. The van der Waals surface area contributed by atoms with E-state index in [4.69, 9.17) is 9.29 Å². The monoisotopic (exact) mass is 426 g/mol. The molecule has 13 heteroatoms. The first-order valence-electron chi connectivity index (χ1n) is 6.89. The van der Waals surface area contributed by atoms with Gasteiger partial charge >= 0.3 is 0 Å². The molecule has 144 valence electrons. The number of hydrogen-bond acceptors (Lipinski definition) is 7. The summed E-state index contributed by atoms with van der Waals surface area (Å²) in [4.78, 5) is -1.24. The molecule has 0 aromatic heterocycles. The van der Waals surface area contributed by atoms with Gasteiger partial charge in [0.25, 0.3) is 30.4 Å². The maximum atomic E-state index is 11.6. The molecule has 2 rings (SSSR count). The van der Waals surface area contributed by atoms with Crippen LogP contribution in [0.25, 0.3) is 10.8 Å². The van der Waals surface area contributed by atoms with E-state index in [-0.39, 0.29) is 29.5 Å². The van der Waals surface area contributed by atoms with Crippen LogP contribution in [0.2, 0.25) is 0 Å². The Hall–Kier alpha value is -1.77. The van der Waals surface area contributed by atoms with Crippen LogP contribution in [-0.2, 0) is 30.4 Å². The molecule has 26 heavy (non-hydrogen) atoms. The van der Waals surface area contributed by atoms with E-state index in [1.54, 1.807) is 0 Å². The molecule has 3 N–H and O–H groups in total. The molecule has 0 atom stereocenters. The molecule has 2 aromatic carbocycles. The third-order valence-corrected chi connectivity index (χ3v) is 5.87. The first kappa shape index (κ1) is 20.5. The summed E-state index contributed by atoms with van der Waals surface area (Å²) in [7, 11) is -13.7. The first-order valence-corrected chi connectivity index (χ1v) is 11.4. The van der Waals surface area contributed by atoms with E-state index in [0.29, 0.717) is 0 Å². The second kappa shape index (κ2) is 7.09. The molecule has 0 aliphatic carbocycles. The standard InChI is InChI=1S/C13H14O10S3/c14-24(15,16)6-2-5-23-9-7-11-10(13(8-9)26(20,21)22)3-1-4-12(11)25(17,18)19/h1,3-4,7-8H,2,5-6H2,(H,14,15,16)(H,17,18,19)(H,20,21,22). The van der Waals surface area contributed by atoms with Crippen LogP contribution in [0.3, 0.4) is 0 Å². The van der Waals surface area contributed by atoms with Crippen molar-refractivity contribution in [3.63, 3.8) is 0 Å². The molecule has 0 aliphatic rings. The van der Waals surface area contributed by atoms with Crippen LogP contribution >= 0.6 is 0 Å². The molecule has 0 amide bonds. The molecule has 2 aromatic rings. The lowest BCUT2D eigenvalue weighted by molar-refractivity contribution is 0.315. The summed E-state index contributed by atoms with van der Waals surface area (Å²) in [5.74, 6) is -0.779. The Balaban J connectivity index is 2.56. The Morgan fingerprint density at radius 2 is 1.42 bits per heavy atom. The summed E-state index contributed by atoms with van der Waals surface area (Å²) < 4.78 is 100.0. The van der Waals surface area contributed by atoms with E-state index in [9.17, 15) is 34.4 Å². The van der Waals surface area contributed by atoms with Crippen LogP contribution in [0.4, 0.5) is 0 Å². The van der Waals surface area contributed by atoms with Gasteiger partial charge in [0, 0.05) is 16.8 Å². The van der Waals surface area contributed by atoms with Crippen molar-refractivity contribution < 1.29 is 43.6 Å². The lowest BCUT2D eigenvalue weighted by Gasteiger charge is -2.12. The van der Waals surface area contributed by atoms with Gasteiger partial charge in [-0.1, -0.05) is 12.1 Å². The van der Waals surface area contributed by atoms with Crippen molar-refractivity contribution in [2.24, 2.45) is 0 Å². The van der Waals surface area contributed by atoms with Crippen molar-refractivity contribution in [2.45, 2.75) is 16.2 Å². The average molecular weight is 426 g/mol. The van der Waals surface area contributed by atoms with Gasteiger partial charge < -0.3 is 4.74 Å². The van der Waals surface area contributed by atoms with Crippen molar-refractivity contribution in [1.82, 2.24) is 0 Å². The Labute approximate surface area is 149 Å².